The van der Waals surface area contributed by atoms with Gasteiger partial charge in [-0.05, 0) is 35.3 Å². The van der Waals surface area contributed by atoms with Crippen molar-refractivity contribution in [2.24, 2.45) is 0 Å². The Labute approximate surface area is 135 Å². The van der Waals surface area contributed by atoms with Crippen molar-refractivity contribution in [3.05, 3.63) is 71.8 Å². The minimum absolute atomic E-state index is 0.202. The van der Waals surface area contributed by atoms with E-state index in [1.165, 1.54) is 11.1 Å². The third kappa shape index (κ3) is 4.39. The van der Waals surface area contributed by atoms with Crippen LogP contribution in [0.2, 0.25) is 0 Å². The molecule has 0 aromatic heterocycles. The number of hydrogen-bond donors (Lipinski definition) is 0. The van der Waals surface area contributed by atoms with Crippen molar-refractivity contribution in [1.82, 2.24) is 4.90 Å². The fourth-order valence-electron chi connectivity index (χ4n) is 2.80. The zero-order valence-electron chi connectivity index (χ0n) is 12.8. The molecule has 2 aromatic rings. The van der Waals surface area contributed by atoms with Crippen molar-refractivity contribution < 1.29 is 13.5 Å². The first-order chi connectivity index (χ1) is 11.2. The van der Waals surface area contributed by atoms with Gasteiger partial charge in [-0.1, -0.05) is 48.5 Å². The maximum Gasteiger partial charge on any atom is 0.387 e. The van der Waals surface area contributed by atoms with Crippen LogP contribution in [0.15, 0.2) is 60.7 Å². The van der Waals surface area contributed by atoms with Crippen LogP contribution in [0.3, 0.4) is 0 Å². The van der Waals surface area contributed by atoms with Gasteiger partial charge in [-0.15, -0.1) is 0 Å². The van der Waals surface area contributed by atoms with E-state index in [9.17, 15) is 8.78 Å². The average molecular weight is 315 g/mol. The summed E-state index contributed by atoms with van der Waals surface area (Å²) < 4.78 is 28.6. The Kier molecular flexibility index (Phi) is 5.03. The van der Waals surface area contributed by atoms with E-state index in [4.69, 9.17) is 0 Å². The molecule has 0 amide bonds. The molecule has 0 aliphatic carbocycles. The van der Waals surface area contributed by atoms with Crippen LogP contribution < -0.4 is 4.74 Å². The van der Waals surface area contributed by atoms with E-state index in [1.807, 2.05) is 18.2 Å². The molecular weight excluding hydrogens is 296 g/mol. The first kappa shape index (κ1) is 15.7. The molecule has 2 nitrogen and oxygen atoms in total. The molecule has 2 aromatic carbocycles. The smallest absolute Gasteiger partial charge is 0.387 e. The molecule has 0 fully saturated rings. The van der Waals surface area contributed by atoms with Crippen LogP contribution in [0.4, 0.5) is 8.78 Å². The summed E-state index contributed by atoms with van der Waals surface area (Å²) in [4.78, 5) is 2.34. The topological polar surface area (TPSA) is 12.5 Å². The highest BCUT2D eigenvalue weighted by Gasteiger charge is 2.13. The number of nitrogens with zero attached hydrogens (tertiary/aromatic N) is 1. The highest BCUT2D eigenvalue weighted by Crippen LogP contribution is 2.23. The van der Waals surface area contributed by atoms with Gasteiger partial charge in [-0.25, -0.2) is 0 Å². The van der Waals surface area contributed by atoms with E-state index in [2.05, 4.69) is 40.0 Å². The van der Waals surface area contributed by atoms with Crippen molar-refractivity contribution in [3.8, 4) is 5.75 Å². The largest absolute Gasteiger partial charge is 0.435 e. The summed E-state index contributed by atoms with van der Waals surface area (Å²) in [5.41, 5.74) is 3.78. The highest BCUT2D eigenvalue weighted by molar-refractivity contribution is 5.66. The van der Waals surface area contributed by atoms with Gasteiger partial charge in [-0.2, -0.15) is 8.78 Å². The summed E-state index contributed by atoms with van der Waals surface area (Å²) in [6.07, 6.45) is 3.30. The Morgan fingerprint density at radius 2 is 1.74 bits per heavy atom. The summed E-state index contributed by atoms with van der Waals surface area (Å²) in [6.45, 7) is -0.0623. The van der Waals surface area contributed by atoms with Gasteiger partial charge in [0.25, 0.3) is 0 Å². The zero-order valence-corrected chi connectivity index (χ0v) is 12.8. The van der Waals surface area contributed by atoms with E-state index in [0.29, 0.717) is 0 Å². The number of halogens is 2. The SMILES string of the molecule is FC(F)Oc1ccc(CN2CC=C(c3ccccc3)CC2)cc1. The van der Waals surface area contributed by atoms with E-state index < -0.39 is 6.61 Å². The molecule has 0 N–H and O–H groups in total. The second kappa shape index (κ2) is 7.38. The number of alkyl halides is 2. The molecule has 0 saturated carbocycles. The predicted molar refractivity (Wildman–Crippen MR) is 87.4 cm³/mol. The molecule has 0 bridgehead atoms. The molecule has 1 aliphatic rings. The Balaban J connectivity index is 1.57. The molecule has 0 spiro atoms. The lowest BCUT2D eigenvalue weighted by atomic mass is 9.99. The van der Waals surface area contributed by atoms with E-state index in [0.717, 1.165) is 31.6 Å². The maximum atomic E-state index is 12.1. The minimum Gasteiger partial charge on any atom is -0.435 e. The molecule has 0 radical (unpaired) electrons. The minimum atomic E-state index is -2.77. The first-order valence-corrected chi connectivity index (χ1v) is 7.71. The summed E-state index contributed by atoms with van der Waals surface area (Å²) in [5.74, 6) is 0.202. The number of hydrogen-bond acceptors (Lipinski definition) is 2. The third-order valence-electron chi connectivity index (χ3n) is 3.99. The molecule has 1 heterocycles. The lowest BCUT2D eigenvalue weighted by Crippen LogP contribution is -2.27. The Bertz CT molecular complexity index is 653. The standard InChI is InChI=1S/C19H19F2NO/c20-19(21)23-18-8-6-15(7-9-18)14-22-12-10-17(11-13-22)16-4-2-1-3-5-16/h1-10,19H,11-14H2. The number of benzene rings is 2. The average Bonchev–Trinajstić information content (AvgIpc) is 2.58. The number of rotatable bonds is 5. The van der Waals surface area contributed by atoms with E-state index >= 15 is 0 Å². The molecular formula is C19H19F2NO. The van der Waals surface area contributed by atoms with Crippen LogP contribution in [-0.2, 0) is 6.54 Å². The second-order valence-electron chi connectivity index (χ2n) is 5.60. The van der Waals surface area contributed by atoms with Gasteiger partial charge in [0, 0.05) is 19.6 Å². The van der Waals surface area contributed by atoms with E-state index in [1.54, 1.807) is 12.1 Å². The molecule has 120 valence electrons. The first-order valence-electron chi connectivity index (χ1n) is 7.71. The van der Waals surface area contributed by atoms with Crippen molar-refractivity contribution in [3.63, 3.8) is 0 Å². The third-order valence-corrected chi connectivity index (χ3v) is 3.99. The number of ether oxygens (including phenoxy) is 1. The van der Waals surface area contributed by atoms with Crippen LogP contribution in [-0.4, -0.2) is 24.6 Å². The summed E-state index contributed by atoms with van der Waals surface area (Å²) in [6, 6.07) is 17.3. The summed E-state index contributed by atoms with van der Waals surface area (Å²) >= 11 is 0. The van der Waals surface area contributed by atoms with Crippen molar-refractivity contribution in [1.29, 1.82) is 0 Å². The fourth-order valence-corrected chi connectivity index (χ4v) is 2.80. The normalized spacial score (nSPS) is 15.5. The highest BCUT2D eigenvalue weighted by atomic mass is 19.3. The fraction of sp³-hybridized carbons (Fsp3) is 0.263. The van der Waals surface area contributed by atoms with Crippen molar-refractivity contribution >= 4 is 5.57 Å². The second-order valence-corrected chi connectivity index (χ2v) is 5.60. The summed E-state index contributed by atoms with van der Waals surface area (Å²) in [5, 5.41) is 0. The molecule has 0 saturated heterocycles. The molecule has 23 heavy (non-hydrogen) atoms. The van der Waals surface area contributed by atoms with E-state index in [-0.39, 0.29) is 5.75 Å². The van der Waals surface area contributed by atoms with Crippen LogP contribution in [0, 0.1) is 0 Å². The van der Waals surface area contributed by atoms with Gasteiger partial charge in [0.1, 0.15) is 5.75 Å². The molecule has 0 atom stereocenters. The van der Waals surface area contributed by atoms with Crippen LogP contribution in [0.5, 0.6) is 5.75 Å². The van der Waals surface area contributed by atoms with Crippen LogP contribution in [0.25, 0.3) is 5.57 Å². The molecule has 1 aliphatic heterocycles. The molecule has 4 heteroatoms. The van der Waals surface area contributed by atoms with Crippen LogP contribution in [0.1, 0.15) is 17.5 Å². The lowest BCUT2D eigenvalue weighted by molar-refractivity contribution is -0.0498. The summed E-state index contributed by atoms with van der Waals surface area (Å²) in [7, 11) is 0. The quantitative estimate of drug-likeness (QED) is 0.801. The van der Waals surface area contributed by atoms with Gasteiger partial charge in [0.15, 0.2) is 0 Å². The maximum absolute atomic E-state index is 12.1. The van der Waals surface area contributed by atoms with Gasteiger partial charge in [0.05, 0.1) is 0 Å². The van der Waals surface area contributed by atoms with Crippen molar-refractivity contribution in [2.45, 2.75) is 19.6 Å². The van der Waals surface area contributed by atoms with Crippen LogP contribution >= 0.6 is 0 Å². The predicted octanol–water partition coefficient (Wildman–Crippen LogP) is 4.58. The monoisotopic (exact) mass is 315 g/mol. The van der Waals surface area contributed by atoms with Crippen molar-refractivity contribution in [2.75, 3.05) is 13.1 Å². The van der Waals surface area contributed by atoms with Gasteiger partial charge in [-0.3, -0.25) is 4.90 Å². The zero-order chi connectivity index (χ0) is 16.1. The molecule has 0 unspecified atom stereocenters. The Morgan fingerprint density at radius 3 is 2.35 bits per heavy atom. The molecule has 3 rings (SSSR count). The Hall–Kier alpha value is -2.20. The van der Waals surface area contributed by atoms with Gasteiger partial charge in [0.2, 0.25) is 0 Å². The Morgan fingerprint density at radius 1 is 1.00 bits per heavy atom. The lowest BCUT2D eigenvalue weighted by Gasteiger charge is -2.26. The van der Waals surface area contributed by atoms with Gasteiger partial charge >= 0.3 is 6.61 Å². The van der Waals surface area contributed by atoms with Gasteiger partial charge < -0.3 is 4.74 Å².